The van der Waals surface area contributed by atoms with Crippen LogP contribution in [-0.4, -0.2) is 55.9 Å². The lowest BCUT2D eigenvalue weighted by Gasteiger charge is -2.41. The molecule has 0 radical (unpaired) electrons. The van der Waals surface area contributed by atoms with Crippen LogP contribution in [0.1, 0.15) is 44.2 Å². The van der Waals surface area contributed by atoms with E-state index in [2.05, 4.69) is 34.4 Å². The van der Waals surface area contributed by atoms with E-state index in [-0.39, 0.29) is 12.1 Å². The Morgan fingerprint density at radius 1 is 1.10 bits per heavy atom. The maximum Gasteiger partial charge on any atom is 0.411 e. The number of halogens is 3. The van der Waals surface area contributed by atoms with Crippen LogP contribution in [0.2, 0.25) is 0 Å². The molecule has 0 bridgehead atoms. The molecule has 1 heterocycles. The second kappa shape index (κ2) is 10.8. The number of nitrogens with one attached hydrogen (secondary N) is 2. The number of guanidine groups is 1. The van der Waals surface area contributed by atoms with Crippen molar-refractivity contribution in [3.8, 4) is 0 Å². The van der Waals surface area contributed by atoms with Crippen LogP contribution in [0.5, 0.6) is 0 Å². The normalized spacial score (nSPS) is 16.7. The maximum absolute atomic E-state index is 12.2. The third-order valence-corrected chi connectivity index (χ3v) is 5.11. The van der Waals surface area contributed by atoms with Crippen LogP contribution in [0.3, 0.4) is 0 Å². The largest absolute Gasteiger partial charge is 0.411 e. The molecule has 1 aliphatic rings. The molecule has 1 aliphatic heterocycles. The molecule has 0 saturated carbocycles. The maximum atomic E-state index is 12.2. The zero-order chi connectivity index (χ0) is 21.3. The van der Waals surface area contributed by atoms with E-state index in [0.29, 0.717) is 18.1 Å². The summed E-state index contributed by atoms with van der Waals surface area (Å²) in [5.74, 6) is 0.703. The molecule has 0 spiro atoms. The number of rotatable bonds is 8. The fourth-order valence-electron chi connectivity index (χ4n) is 3.43. The molecule has 164 valence electrons. The van der Waals surface area contributed by atoms with Crippen LogP contribution in [0, 0.1) is 0 Å². The number of piperidine rings is 1. The molecule has 2 rings (SSSR count). The van der Waals surface area contributed by atoms with Gasteiger partial charge in [-0.3, -0.25) is 9.89 Å². The Morgan fingerprint density at radius 3 is 2.45 bits per heavy atom. The molecule has 1 fully saturated rings. The van der Waals surface area contributed by atoms with Gasteiger partial charge in [-0.25, -0.2) is 0 Å². The zero-order valence-corrected chi connectivity index (χ0v) is 17.6. The van der Waals surface area contributed by atoms with Gasteiger partial charge in [-0.1, -0.05) is 30.7 Å². The molecule has 2 N–H and O–H groups in total. The minimum Gasteiger partial charge on any atom is -0.367 e. The number of likely N-dealkylation sites (tertiary alicyclic amines) is 1. The Kier molecular flexibility index (Phi) is 8.77. The van der Waals surface area contributed by atoms with Gasteiger partial charge in [0.05, 0.1) is 6.61 Å². The van der Waals surface area contributed by atoms with Crippen molar-refractivity contribution < 1.29 is 17.9 Å². The molecule has 5 nitrogen and oxygen atoms in total. The van der Waals surface area contributed by atoms with Crippen molar-refractivity contribution in [3.05, 3.63) is 35.4 Å². The molecule has 29 heavy (non-hydrogen) atoms. The molecular weight excluding hydrogens is 381 g/mol. The molecule has 1 saturated heterocycles. The highest BCUT2D eigenvalue weighted by Crippen LogP contribution is 2.20. The summed E-state index contributed by atoms with van der Waals surface area (Å²) in [4.78, 5) is 6.79. The summed E-state index contributed by atoms with van der Waals surface area (Å²) in [6.07, 6.45) is -0.498. The van der Waals surface area contributed by atoms with Crippen molar-refractivity contribution >= 4 is 5.96 Å². The summed E-state index contributed by atoms with van der Waals surface area (Å²) in [5.41, 5.74) is 1.70. The minimum atomic E-state index is -4.31. The van der Waals surface area contributed by atoms with Gasteiger partial charge in [0.2, 0.25) is 0 Å². The molecule has 0 amide bonds. The van der Waals surface area contributed by atoms with E-state index in [0.717, 1.165) is 25.2 Å². The minimum absolute atomic E-state index is 0.0355. The number of benzene rings is 1. The summed E-state index contributed by atoms with van der Waals surface area (Å²) in [6, 6.07) is 7.34. The Hall–Kier alpha value is -1.80. The van der Waals surface area contributed by atoms with E-state index in [1.807, 2.05) is 18.2 Å². The third kappa shape index (κ3) is 8.62. The van der Waals surface area contributed by atoms with Crippen molar-refractivity contribution in [1.82, 2.24) is 15.5 Å². The lowest BCUT2D eigenvalue weighted by Crippen LogP contribution is -2.54. The highest BCUT2D eigenvalue weighted by atomic mass is 19.4. The summed E-state index contributed by atoms with van der Waals surface area (Å²) < 4.78 is 41.3. The van der Waals surface area contributed by atoms with Crippen LogP contribution >= 0.6 is 0 Å². The van der Waals surface area contributed by atoms with Gasteiger partial charge in [0.15, 0.2) is 5.96 Å². The molecular formula is C21H33F3N4O. The van der Waals surface area contributed by atoms with E-state index in [4.69, 9.17) is 4.74 Å². The van der Waals surface area contributed by atoms with Crippen LogP contribution < -0.4 is 10.6 Å². The average Bonchev–Trinajstić information content (AvgIpc) is 2.68. The highest BCUT2D eigenvalue weighted by Gasteiger charge is 2.28. The summed E-state index contributed by atoms with van der Waals surface area (Å²) in [7, 11) is 1.73. The number of aliphatic imine (C=N–C) groups is 1. The Labute approximate surface area is 171 Å². The first-order valence-corrected chi connectivity index (χ1v) is 10.1. The van der Waals surface area contributed by atoms with Crippen molar-refractivity contribution in [1.29, 1.82) is 0 Å². The van der Waals surface area contributed by atoms with E-state index in [1.54, 1.807) is 13.1 Å². The molecule has 1 aromatic rings. The van der Waals surface area contributed by atoms with E-state index >= 15 is 0 Å². The lowest BCUT2D eigenvalue weighted by atomic mass is 9.98. The van der Waals surface area contributed by atoms with Crippen LogP contribution in [0.4, 0.5) is 13.2 Å². The number of hydrogen-bond acceptors (Lipinski definition) is 3. The first-order valence-electron chi connectivity index (χ1n) is 10.1. The third-order valence-electron chi connectivity index (χ3n) is 5.11. The number of nitrogens with zero attached hydrogens (tertiary/aromatic N) is 2. The lowest BCUT2D eigenvalue weighted by molar-refractivity contribution is -0.176. The van der Waals surface area contributed by atoms with Crippen molar-refractivity contribution in [3.63, 3.8) is 0 Å². The molecule has 0 unspecified atom stereocenters. The Balaban J connectivity index is 1.80. The molecule has 0 atom stereocenters. The van der Waals surface area contributed by atoms with Gasteiger partial charge in [0.25, 0.3) is 0 Å². The number of ether oxygens (including phenoxy) is 1. The van der Waals surface area contributed by atoms with Gasteiger partial charge in [-0.05, 0) is 50.9 Å². The standard InChI is InChI=1S/C21H33F3N4O/c1-20(2,28-10-5-4-6-11-28)15-27-19(25-3)26-13-17-8-7-9-18(12-17)14-29-16-21(22,23)24/h7-9,12H,4-6,10-11,13-16H2,1-3H3,(H2,25,26,27). The Morgan fingerprint density at radius 2 is 1.79 bits per heavy atom. The first kappa shape index (κ1) is 23.5. The smallest absolute Gasteiger partial charge is 0.367 e. The van der Waals surface area contributed by atoms with Crippen LogP contribution in [-0.2, 0) is 17.9 Å². The topological polar surface area (TPSA) is 48.9 Å². The molecule has 1 aromatic carbocycles. The van der Waals surface area contributed by atoms with Crippen molar-refractivity contribution in [2.45, 2.75) is 58.0 Å². The van der Waals surface area contributed by atoms with E-state index in [1.165, 1.54) is 19.3 Å². The SMILES string of the molecule is CN=C(NCc1cccc(COCC(F)(F)F)c1)NCC(C)(C)N1CCCCC1. The van der Waals surface area contributed by atoms with Gasteiger partial charge >= 0.3 is 6.18 Å². The average molecular weight is 415 g/mol. The number of alkyl halides is 3. The van der Waals surface area contributed by atoms with Crippen molar-refractivity contribution in [2.75, 3.05) is 33.3 Å². The van der Waals surface area contributed by atoms with Crippen LogP contribution in [0.25, 0.3) is 0 Å². The predicted octanol–water partition coefficient (Wildman–Crippen LogP) is 3.70. The van der Waals surface area contributed by atoms with Crippen LogP contribution in [0.15, 0.2) is 29.3 Å². The first-order chi connectivity index (χ1) is 13.7. The molecule has 0 aromatic heterocycles. The molecule has 8 heteroatoms. The van der Waals surface area contributed by atoms with Gasteiger partial charge in [-0.2, -0.15) is 13.2 Å². The monoisotopic (exact) mass is 414 g/mol. The predicted molar refractivity (Wildman–Crippen MR) is 110 cm³/mol. The van der Waals surface area contributed by atoms with E-state index in [9.17, 15) is 13.2 Å². The fourth-order valence-corrected chi connectivity index (χ4v) is 3.43. The fraction of sp³-hybridized carbons (Fsp3) is 0.667. The van der Waals surface area contributed by atoms with Gasteiger partial charge in [0.1, 0.15) is 6.61 Å². The van der Waals surface area contributed by atoms with Gasteiger partial charge in [0, 0.05) is 25.7 Å². The molecule has 0 aliphatic carbocycles. The van der Waals surface area contributed by atoms with Crippen molar-refractivity contribution in [2.24, 2.45) is 4.99 Å². The Bertz CT molecular complexity index is 656. The summed E-state index contributed by atoms with van der Waals surface area (Å²) in [6.45, 7) is 6.73. The zero-order valence-electron chi connectivity index (χ0n) is 17.6. The summed E-state index contributed by atoms with van der Waals surface area (Å²) in [5, 5.41) is 6.66. The highest BCUT2D eigenvalue weighted by molar-refractivity contribution is 5.79. The van der Waals surface area contributed by atoms with Gasteiger partial charge < -0.3 is 15.4 Å². The van der Waals surface area contributed by atoms with Gasteiger partial charge in [-0.15, -0.1) is 0 Å². The quantitative estimate of drug-likeness (QED) is 0.503. The second-order valence-electron chi connectivity index (χ2n) is 8.07. The van der Waals surface area contributed by atoms with E-state index < -0.39 is 12.8 Å². The second-order valence-corrected chi connectivity index (χ2v) is 8.07. The summed E-state index contributed by atoms with van der Waals surface area (Å²) >= 11 is 0. The number of hydrogen-bond donors (Lipinski definition) is 2.